The van der Waals surface area contributed by atoms with E-state index in [2.05, 4.69) is 25.9 Å². The van der Waals surface area contributed by atoms with Gasteiger partial charge in [0, 0.05) is 18.1 Å². The van der Waals surface area contributed by atoms with Crippen molar-refractivity contribution in [3.8, 4) is 0 Å². The average molecular weight is 513 g/mol. The lowest BCUT2D eigenvalue weighted by atomic mass is 10.0. The zero-order chi connectivity index (χ0) is 24.5. The number of nitrogens with two attached hydrogens (primary N) is 1. The number of hydrogen-bond donors (Lipinski definition) is 3. The second-order valence-corrected chi connectivity index (χ2v) is 9.95. The van der Waals surface area contributed by atoms with Crippen LogP contribution in [-0.2, 0) is 27.3 Å². The highest BCUT2D eigenvalue weighted by Gasteiger charge is 2.54. The van der Waals surface area contributed by atoms with Crippen molar-refractivity contribution < 1.29 is 19.5 Å². The Bertz CT molecular complexity index is 1360. The number of amides is 2. The van der Waals surface area contributed by atoms with Crippen LogP contribution >= 0.6 is 23.5 Å². The van der Waals surface area contributed by atoms with Crippen LogP contribution in [0.5, 0.6) is 0 Å². The summed E-state index contributed by atoms with van der Waals surface area (Å²) >= 11 is 2.76. The van der Waals surface area contributed by atoms with E-state index in [4.69, 9.17) is 5.73 Å². The van der Waals surface area contributed by atoms with Crippen molar-refractivity contribution in [2.24, 2.45) is 5.73 Å². The number of nitrogens with zero attached hydrogens (tertiary/aromatic N) is 6. The Morgan fingerprint density at radius 2 is 2.03 bits per heavy atom. The molecule has 35 heavy (non-hydrogen) atoms. The monoisotopic (exact) mass is 512 g/mol. The highest BCUT2D eigenvalue weighted by Crippen LogP contribution is 2.41. The zero-order valence-corrected chi connectivity index (χ0v) is 19.8. The number of carbonyl (C=O) groups excluding carboxylic acids is 2. The zero-order valence-electron chi connectivity index (χ0n) is 18.2. The van der Waals surface area contributed by atoms with Gasteiger partial charge in [0.15, 0.2) is 5.65 Å². The summed E-state index contributed by atoms with van der Waals surface area (Å²) in [5, 5.41) is 28.2. The van der Waals surface area contributed by atoms with E-state index in [0.29, 0.717) is 34.3 Å². The molecule has 2 atom stereocenters. The number of benzene rings is 1. The maximum absolute atomic E-state index is 12.9. The van der Waals surface area contributed by atoms with Crippen molar-refractivity contribution in [1.29, 1.82) is 0 Å². The van der Waals surface area contributed by atoms with E-state index in [1.165, 1.54) is 33.1 Å². The van der Waals surface area contributed by atoms with E-state index in [0.717, 1.165) is 11.1 Å². The number of carbonyl (C=O) groups is 3. The third kappa shape index (κ3) is 4.47. The molecular formula is C21H20N8O4S2. The van der Waals surface area contributed by atoms with Crippen LogP contribution in [0.2, 0.25) is 0 Å². The first kappa shape index (κ1) is 23.3. The van der Waals surface area contributed by atoms with E-state index >= 15 is 0 Å². The minimum atomic E-state index is -1.18. The predicted octanol–water partition coefficient (Wildman–Crippen LogP) is 0.0514. The molecule has 2 amide bonds. The number of hydrogen-bond acceptors (Lipinski definition) is 10. The number of rotatable bonds is 8. The number of aromatic nitrogens is 5. The lowest BCUT2D eigenvalue weighted by Gasteiger charge is -2.49. The van der Waals surface area contributed by atoms with Crippen molar-refractivity contribution in [3.05, 3.63) is 58.8 Å². The van der Waals surface area contributed by atoms with Crippen LogP contribution in [0, 0.1) is 0 Å². The molecule has 4 heterocycles. The smallest absolute Gasteiger partial charge is 0.352 e. The van der Waals surface area contributed by atoms with Gasteiger partial charge in [-0.3, -0.25) is 14.5 Å². The number of tetrazole rings is 1. The van der Waals surface area contributed by atoms with Gasteiger partial charge < -0.3 is 16.2 Å². The standard InChI is InChI=1S/C21H20N8O4S2/c22-8-12-4-2-1-3-11(12)7-15(30)23-17-19(31)28-18(21(32)33)13(10-35-20(17)28)9-34-16-6-5-14-24-26-27-29(14)25-16/h1-6,17,20H,7-10,22H2,(H,23,30)(H,32,33)/t17-,20-/m1/s1. The summed E-state index contributed by atoms with van der Waals surface area (Å²) < 4.78 is 1.29. The Morgan fingerprint density at radius 1 is 1.23 bits per heavy atom. The summed E-state index contributed by atoms with van der Waals surface area (Å²) in [6, 6.07) is 10.1. The van der Waals surface area contributed by atoms with Crippen LogP contribution in [0.25, 0.3) is 5.65 Å². The lowest BCUT2D eigenvalue weighted by Crippen LogP contribution is -2.70. The van der Waals surface area contributed by atoms with Gasteiger partial charge >= 0.3 is 5.97 Å². The molecule has 12 nitrogen and oxygen atoms in total. The molecule has 2 aliphatic heterocycles. The van der Waals surface area contributed by atoms with Crippen LogP contribution < -0.4 is 11.1 Å². The molecule has 14 heteroatoms. The molecule has 4 N–H and O–H groups in total. The molecule has 0 radical (unpaired) electrons. The van der Waals surface area contributed by atoms with Crippen LogP contribution in [0.15, 0.2) is 52.7 Å². The van der Waals surface area contributed by atoms with Gasteiger partial charge in [-0.15, -0.1) is 38.4 Å². The number of thioether (sulfide) groups is 2. The molecule has 0 unspecified atom stereocenters. The number of aliphatic carboxylic acids is 1. The van der Waals surface area contributed by atoms with Crippen LogP contribution in [-0.4, -0.2) is 76.0 Å². The largest absolute Gasteiger partial charge is 0.477 e. The first-order chi connectivity index (χ1) is 17.0. The normalized spacial score (nSPS) is 19.5. The molecule has 2 aliphatic rings. The SMILES string of the molecule is NCc1ccccc1CC(=O)N[C@@H]1C(=O)N2C(C(=O)O)=C(CSc3ccc4nnnn4n3)CS[C@H]12. The summed E-state index contributed by atoms with van der Waals surface area (Å²) in [7, 11) is 0. The van der Waals surface area contributed by atoms with Gasteiger partial charge in [0.2, 0.25) is 5.91 Å². The van der Waals surface area contributed by atoms with Gasteiger partial charge in [-0.1, -0.05) is 24.3 Å². The minimum absolute atomic E-state index is 0.0336. The molecule has 1 aromatic carbocycles. The number of fused-ring (bicyclic) bond motifs is 2. The maximum atomic E-state index is 12.9. The Balaban J connectivity index is 1.27. The molecule has 0 spiro atoms. The first-order valence-electron chi connectivity index (χ1n) is 10.6. The quantitative estimate of drug-likeness (QED) is 0.275. The minimum Gasteiger partial charge on any atom is -0.477 e. The highest BCUT2D eigenvalue weighted by molar-refractivity contribution is 8.01. The molecule has 3 aromatic rings. The third-order valence-corrected chi connectivity index (χ3v) is 8.04. The Morgan fingerprint density at radius 3 is 2.80 bits per heavy atom. The van der Waals surface area contributed by atoms with Crippen molar-refractivity contribution in [3.63, 3.8) is 0 Å². The number of carboxylic acids is 1. The molecule has 180 valence electrons. The third-order valence-electron chi connectivity index (χ3n) is 5.69. The van der Waals surface area contributed by atoms with Crippen molar-refractivity contribution in [2.75, 3.05) is 11.5 Å². The van der Waals surface area contributed by atoms with E-state index in [1.54, 1.807) is 12.1 Å². The molecule has 0 bridgehead atoms. The summed E-state index contributed by atoms with van der Waals surface area (Å²) in [5.74, 6) is -1.17. The topological polar surface area (TPSA) is 169 Å². The molecule has 2 aromatic heterocycles. The Kier molecular flexibility index (Phi) is 6.40. The van der Waals surface area contributed by atoms with Crippen molar-refractivity contribution in [1.82, 2.24) is 35.5 Å². The van der Waals surface area contributed by atoms with Gasteiger partial charge in [0.25, 0.3) is 5.91 Å². The fourth-order valence-electron chi connectivity index (χ4n) is 3.99. The molecule has 0 saturated carbocycles. The van der Waals surface area contributed by atoms with Crippen molar-refractivity contribution in [2.45, 2.75) is 29.4 Å². The maximum Gasteiger partial charge on any atom is 0.352 e. The number of carboxylic acid groups (broad SMARTS) is 1. The second-order valence-electron chi connectivity index (χ2n) is 7.85. The van der Waals surface area contributed by atoms with Gasteiger partial charge in [-0.2, -0.15) is 0 Å². The fourth-order valence-corrected chi connectivity index (χ4v) is 6.33. The van der Waals surface area contributed by atoms with Crippen LogP contribution in [0.1, 0.15) is 11.1 Å². The Hall–Kier alpha value is -3.49. The molecule has 5 rings (SSSR count). The summed E-state index contributed by atoms with van der Waals surface area (Å²) in [6.45, 7) is 0.310. The van der Waals surface area contributed by atoms with Gasteiger partial charge in [-0.25, -0.2) is 4.79 Å². The van der Waals surface area contributed by atoms with E-state index < -0.39 is 23.3 Å². The molecule has 1 saturated heterocycles. The summed E-state index contributed by atoms with van der Waals surface area (Å²) in [5.41, 5.74) is 8.48. The number of nitrogens with one attached hydrogen (secondary N) is 1. The molecular weight excluding hydrogens is 492 g/mol. The Labute approximate surface area is 207 Å². The van der Waals surface area contributed by atoms with Crippen LogP contribution in [0.4, 0.5) is 0 Å². The average Bonchev–Trinajstić information content (AvgIpc) is 3.33. The van der Waals surface area contributed by atoms with Crippen molar-refractivity contribution >= 4 is 47.0 Å². The van der Waals surface area contributed by atoms with E-state index in [9.17, 15) is 19.5 Å². The van der Waals surface area contributed by atoms with Gasteiger partial charge in [0.1, 0.15) is 22.1 Å². The number of β-lactam (4-membered cyclic amide) rings is 1. The van der Waals surface area contributed by atoms with Gasteiger partial charge in [-0.05, 0) is 39.3 Å². The van der Waals surface area contributed by atoms with E-state index in [-0.39, 0.29) is 18.0 Å². The van der Waals surface area contributed by atoms with E-state index in [1.807, 2.05) is 24.3 Å². The highest BCUT2D eigenvalue weighted by atomic mass is 32.2. The first-order valence-corrected chi connectivity index (χ1v) is 12.6. The fraction of sp³-hybridized carbons (Fsp3) is 0.286. The summed E-state index contributed by atoms with van der Waals surface area (Å²) in [4.78, 5) is 38.9. The summed E-state index contributed by atoms with van der Waals surface area (Å²) in [6.07, 6.45) is 0.0939. The second kappa shape index (κ2) is 9.64. The molecule has 0 aliphatic carbocycles. The molecule has 1 fully saturated rings. The van der Waals surface area contributed by atoms with Crippen LogP contribution in [0.3, 0.4) is 0 Å². The van der Waals surface area contributed by atoms with Gasteiger partial charge in [0.05, 0.1) is 6.42 Å². The predicted molar refractivity (Wildman–Crippen MR) is 127 cm³/mol. The lowest BCUT2D eigenvalue weighted by molar-refractivity contribution is -0.150.